The number of imidazole rings is 1. The normalized spacial score (nSPS) is 19.2. The summed E-state index contributed by atoms with van der Waals surface area (Å²) in [4.78, 5) is 16.8. The maximum Gasteiger partial charge on any atom is 0.182 e. The summed E-state index contributed by atoms with van der Waals surface area (Å²) >= 11 is 0. The van der Waals surface area contributed by atoms with E-state index in [0.29, 0.717) is 18.5 Å². The molecule has 1 atom stereocenters. The number of nitrogens with zero attached hydrogens (tertiary/aromatic N) is 4. The molecule has 3 heterocycles. The molecule has 0 aliphatic carbocycles. The topological polar surface area (TPSA) is 59.6 Å². The molecule has 2 aromatic rings. The van der Waals surface area contributed by atoms with Crippen LogP contribution in [0.1, 0.15) is 48.4 Å². The number of azo groups is 1. The zero-order valence-corrected chi connectivity index (χ0v) is 14.0. The van der Waals surface area contributed by atoms with E-state index in [9.17, 15) is 4.79 Å². The zero-order valence-electron chi connectivity index (χ0n) is 14.0. The van der Waals surface area contributed by atoms with Gasteiger partial charge >= 0.3 is 0 Å². The summed E-state index contributed by atoms with van der Waals surface area (Å²) in [5.74, 6) is 0.0905. The second-order valence-corrected chi connectivity index (χ2v) is 6.46. The molecule has 0 saturated heterocycles. The first-order valence-corrected chi connectivity index (χ1v) is 8.44. The van der Waals surface area contributed by atoms with E-state index >= 15 is 0 Å². The van der Waals surface area contributed by atoms with Gasteiger partial charge in [0.2, 0.25) is 0 Å². The smallest absolute Gasteiger partial charge is 0.182 e. The van der Waals surface area contributed by atoms with Gasteiger partial charge in [-0.05, 0) is 37.0 Å². The van der Waals surface area contributed by atoms with Crippen molar-refractivity contribution in [3.05, 3.63) is 58.8 Å². The number of rotatable bonds is 2. The summed E-state index contributed by atoms with van der Waals surface area (Å²) in [6.45, 7) is 3.88. The van der Waals surface area contributed by atoms with Crippen LogP contribution >= 0.6 is 0 Å². The molecule has 0 saturated carbocycles. The van der Waals surface area contributed by atoms with E-state index in [2.05, 4.69) is 31.9 Å². The lowest BCUT2D eigenvalue weighted by Gasteiger charge is -2.18. The number of ketones is 1. The molecule has 5 nitrogen and oxygen atoms in total. The highest BCUT2D eigenvalue weighted by Gasteiger charge is 2.26. The Hall–Kier alpha value is -2.56. The lowest BCUT2D eigenvalue weighted by atomic mass is 9.95. The van der Waals surface area contributed by atoms with Crippen LogP contribution in [0.3, 0.4) is 0 Å². The molecule has 122 valence electrons. The largest absolute Gasteiger partial charge is 0.302 e. The Balaban J connectivity index is 1.95. The quantitative estimate of drug-likeness (QED) is 0.783. The van der Waals surface area contributed by atoms with Gasteiger partial charge in [-0.3, -0.25) is 4.79 Å². The summed E-state index contributed by atoms with van der Waals surface area (Å²) in [7, 11) is 0. The van der Waals surface area contributed by atoms with E-state index < -0.39 is 0 Å². The van der Waals surface area contributed by atoms with Gasteiger partial charge in [-0.2, -0.15) is 10.2 Å². The third-order valence-electron chi connectivity index (χ3n) is 4.90. The Kier molecular flexibility index (Phi) is 3.63. The summed E-state index contributed by atoms with van der Waals surface area (Å²) < 4.78 is 2.08. The summed E-state index contributed by atoms with van der Waals surface area (Å²) in [5.41, 5.74) is 6.11. The van der Waals surface area contributed by atoms with Crippen LogP contribution in [0, 0.1) is 0 Å². The lowest BCUT2D eigenvalue weighted by molar-refractivity contribution is 0.0983. The van der Waals surface area contributed by atoms with Crippen LogP contribution in [0.4, 0.5) is 0 Å². The highest BCUT2D eigenvalue weighted by Crippen LogP contribution is 2.32. The van der Waals surface area contributed by atoms with Crippen LogP contribution < -0.4 is 0 Å². The Labute approximate surface area is 141 Å². The van der Waals surface area contributed by atoms with Gasteiger partial charge < -0.3 is 4.57 Å². The Morgan fingerprint density at radius 1 is 1.29 bits per heavy atom. The predicted molar refractivity (Wildman–Crippen MR) is 91.6 cm³/mol. The van der Waals surface area contributed by atoms with Crippen LogP contribution in [-0.2, 0) is 12.8 Å². The van der Waals surface area contributed by atoms with Crippen molar-refractivity contribution in [1.29, 1.82) is 0 Å². The molecule has 0 N–H and O–H groups in total. The fourth-order valence-electron chi connectivity index (χ4n) is 3.55. The molecule has 1 unspecified atom stereocenters. The van der Waals surface area contributed by atoms with Gasteiger partial charge in [0.1, 0.15) is 12.0 Å². The molecule has 0 radical (unpaired) electrons. The molecular formula is C19H20N4O. The standard InChI is InChI=1S/C19H20N4O/c1-3-18(24)19-17-10-14-9-15(22-21-12(14)2)8-13-6-4-5-7-16(13)23(17)11-20-19/h4-7,11,15H,3,8-10H2,1-2H3. The molecule has 0 spiro atoms. The highest BCUT2D eigenvalue weighted by atomic mass is 16.1. The third kappa shape index (κ3) is 2.40. The SMILES string of the molecule is CCC(=O)c1ncn2c1CC1=C(C)N=NC(C1)Cc1ccccc1-2. The number of hydrogen-bond acceptors (Lipinski definition) is 4. The minimum absolute atomic E-state index is 0.0905. The first-order valence-electron chi connectivity index (χ1n) is 8.44. The molecule has 1 aromatic heterocycles. The number of hydrogen-bond donors (Lipinski definition) is 0. The second-order valence-electron chi connectivity index (χ2n) is 6.46. The van der Waals surface area contributed by atoms with E-state index in [1.807, 2.05) is 26.0 Å². The number of benzene rings is 1. The molecule has 24 heavy (non-hydrogen) atoms. The Morgan fingerprint density at radius 2 is 2.12 bits per heavy atom. The van der Waals surface area contributed by atoms with Crippen molar-refractivity contribution in [1.82, 2.24) is 9.55 Å². The van der Waals surface area contributed by atoms with Crippen LogP contribution in [0.15, 0.2) is 52.1 Å². The number of aromatic nitrogens is 2. The van der Waals surface area contributed by atoms with Gasteiger partial charge in [0, 0.05) is 12.8 Å². The van der Waals surface area contributed by atoms with Gasteiger partial charge in [0.25, 0.3) is 0 Å². The third-order valence-corrected chi connectivity index (χ3v) is 4.90. The highest BCUT2D eigenvalue weighted by molar-refractivity contribution is 5.95. The van der Waals surface area contributed by atoms with Crippen molar-refractivity contribution in [2.45, 2.75) is 45.6 Å². The zero-order chi connectivity index (χ0) is 16.7. The fourth-order valence-corrected chi connectivity index (χ4v) is 3.55. The van der Waals surface area contributed by atoms with E-state index in [1.54, 1.807) is 6.33 Å². The molecule has 1 aromatic carbocycles. The van der Waals surface area contributed by atoms with Crippen LogP contribution in [0.25, 0.3) is 5.69 Å². The Morgan fingerprint density at radius 3 is 2.96 bits per heavy atom. The molecule has 4 rings (SSSR count). The minimum Gasteiger partial charge on any atom is -0.302 e. The predicted octanol–water partition coefficient (Wildman–Crippen LogP) is 4.06. The van der Waals surface area contributed by atoms with Crippen molar-refractivity contribution >= 4 is 5.78 Å². The van der Waals surface area contributed by atoms with E-state index in [1.165, 1.54) is 11.1 Å². The molecule has 0 amide bonds. The van der Waals surface area contributed by atoms with E-state index in [-0.39, 0.29) is 11.8 Å². The molecule has 2 bridgehead atoms. The van der Waals surface area contributed by atoms with Crippen molar-refractivity contribution in [2.75, 3.05) is 0 Å². The summed E-state index contributed by atoms with van der Waals surface area (Å²) in [6, 6.07) is 8.47. The van der Waals surface area contributed by atoms with Crippen LogP contribution in [0.5, 0.6) is 0 Å². The average molecular weight is 320 g/mol. The molecule has 0 fully saturated rings. The van der Waals surface area contributed by atoms with Crippen molar-refractivity contribution in [3.8, 4) is 5.69 Å². The number of fused-ring (bicyclic) bond motifs is 5. The average Bonchev–Trinajstić information content (AvgIpc) is 3.02. The van der Waals surface area contributed by atoms with Crippen molar-refractivity contribution in [3.63, 3.8) is 0 Å². The van der Waals surface area contributed by atoms with Crippen LogP contribution in [-0.4, -0.2) is 21.4 Å². The number of carbonyl (C=O) groups is 1. The van der Waals surface area contributed by atoms with Gasteiger partial charge in [-0.25, -0.2) is 4.98 Å². The van der Waals surface area contributed by atoms with Crippen molar-refractivity contribution in [2.24, 2.45) is 10.2 Å². The number of Topliss-reactive ketones (excluding diaryl/α,β-unsaturated/α-hetero) is 1. The number of allylic oxidation sites excluding steroid dienone is 1. The molecule has 2 aliphatic heterocycles. The number of para-hydroxylation sites is 1. The maximum absolute atomic E-state index is 12.4. The van der Waals surface area contributed by atoms with E-state index in [0.717, 1.165) is 29.9 Å². The minimum atomic E-state index is 0.0905. The second kappa shape index (κ2) is 5.82. The van der Waals surface area contributed by atoms with Gasteiger partial charge in [0.15, 0.2) is 5.78 Å². The van der Waals surface area contributed by atoms with E-state index in [4.69, 9.17) is 0 Å². The first kappa shape index (κ1) is 15.0. The van der Waals surface area contributed by atoms with Gasteiger partial charge in [-0.15, -0.1) is 0 Å². The Bertz CT molecular complexity index is 875. The fraction of sp³-hybridized carbons (Fsp3) is 0.368. The molecular weight excluding hydrogens is 300 g/mol. The van der Waals surface area contributed by atoms with Gasteiger partial charge in [0.05, 0.1) is 23.1 Å². The summed E-state index contributed by atoms with van der Waals surface area (Å²) in [5, 5.41) is 8.84. The monoisotopic (exact) mass is 320 g/mol. The van der Waals surface area contributed by atoms with Crippen LogP contribution in [0.2, 0.25) is 0 Å². The number of carbonyl (C=O) groups excluding carboxylic acids is 1. The molecule has 2 aliphatic rings. The van der Waals surface area contributed by atoms with Gasteiger partial charge in [-0.1, -0.05) is 25.1 Å². The lowest BCUT2D eigenvalue weighted by Crippen LogP contribution is -2.14. The van der Waals surface area contributed by atoms with Crippen molar-refractivity contribution < 1.29 is 4.79 Å². The first-order chi connectivity index (χ1) is 11.7. The molecule has 5 heteroatoms. The maximum atomic E-state index is 12.4. The summed E-state index contributed by atoms with van der Waals surface area (Å²) in [6.07, 6.45) is 4.71.